The number of methoxy groups -OCH3 is 1. The number of carbonyl (C=O) groups excluding carboxylic acids is 1. The molecule has 0 aliphatic heterocycles. The highest BCUT2D eigenvalue weighted by molar-refractivity contribution is 6.30. The summed E-state index contributed by atoms with van der Waals surface area (Å²) in [5.74, 6) is 0.315. The van der Waals surface area contributed by atoms with E-state index in [0.717, 1.165) is 5.56 Å². The first-order chi connectivity index (χ1) is 9.51. The quantitative estimate of drug-likeness (QED) is 0.879. The summed E-state index contributed by atoms with van der Waals surface area (Å²) in [6.07, 6.45) is 1.35. The van der Waals surface area contributed by atoms with E-state index in [9.17, 15) is 4.79 Å². The summed E-state index contributed by atoms with van der Waals surface area (Å²) >= 11 is 5.88. The van der Waals surface area contributed by atoms with Crippen LogP contribution in [-0.4, -0.2) is 18.1 Å². The van der Waals surface area contributed by atoms with Gasteiger partial charge in [-0.05, 0) is 30.7 Å². The van der Waals surface area contributed by atoms with Crippen molar-refractivity contribution in [2.75, 3.05) is 12.8 Å². The van der Waals surface area contributed by atoms with Gasteiger partial charge in [0.2, 0.25) is 5.88 Å². The van der Waals surface area contributed by atoms with Gasteiger partial charge < -0.3 is 15.2 Å². The van der Waals surface area contributed by atoms with Gasteiger partial charge >= 0.3 is 5.97 Å². The van der Waals surface area contributed by atoms with Crippen molar-refractivity contribution in [2.24, 2.45) is 0 Å². The Morgan fingerprint density at radius 3 is 2.75 bits per heavy atom. The Morgan fingerprint density at radius 2 is 2.10 bits per heavy atom. The number of anilines is 1. The van der Waals surface area contributed by atoms with E-state index in [0.29, 0.717) is 10.8 Å². The van der Waals surface area contributed by atoms with Crippen molar-refractivity contribution in [3.05, 3.63) is 46.6 Å². The lowest BCUT2D eigenvalue weighted by Crippen LogP contribution is -2.06. The van der Waals surface area contributed by atoms with Gasteiger partial charge in [-0.3, -0.25) is 0 Å². The van der Waals surface area contributed by atoms with Gasteiger partial charge in [0.15, 0.2) is 0 Å². The number of hydrogen-bond donors (Lipinski definition) is 1. The van der Waals surface area contributed by atoms with E-state index in [1.807, 2.05) is 6.92 Å². The Balaban J connectivity index is 2.32. The maximum atomic E-state index is 11.5. The maximum absolute atomic E-state index is 11.5. The van der Waals surface area contributed by atoms with E-state index >= 15 is 0 Å². The van der Waals surface area contributed by atoms with Crippen molar-refractivity contribution in [1.29, 1.82) is 0 Å². The van der Waals surface area contributed by atoms with E-state index in [1.165, 1.54) is 19.4 Å². The van der Waals surface area contributed by atoms with Crippen LogP contribution in [0.3, 0.4) is 0 Å². The summed E-state index contributed by atoms with van der Waals surface area (Å²) in [5, 5.41) is 0.621. The molecule has 2 N–H and O–H groups in total. The molecule has 5 nitrogen and oxygen atoms in total. The third kappa shape index (κ3) is 3.00. The summed E-state index contributed by atoms with van der Waals surface area (Å²) in [6.45, 7) is 1.86. The fourth-order valence-corrected chi connectivity index (χ4v) is 1.86. The molecule has 0 bridgehead atoms. The zero-order valence-corrected chi connectivity index (χ0v) is 11.8. The Bertz CT molecular complexity index is 659. The molecule has 20 heavy (non-hydrogen) atoms. The predicted molar refractivity (Wildman–Crippen MR) is 76.3 cm³/mol. The van der Waals surface area contributed by atoms with Crippen LogP contribution >= 0.6 is 11.6 Å². The van der Waals surface area contributed by atoms with Gasteiger partial charge in [0.1, 0.15) is 5.75 Å². The number of halogens is 1. The SMILES string of the molecule is COC(=O)c1cc(Oc2ccc(Cl)cc2C)ncc1N. The summed E-state index contributed by atoms with van der Waals surface area (Å²) in [4.78, 5) is 15.6. The summed E-state index contributed by atoms with van der Waals surface area (Å²) in [7, 11) is 1.28. The van der Waals surface area contributed by atoms with Crippen LogP contribution < -0.4 is 10.5 Å². The van der Waals surface area contributed by atoms with Crippen molar-refractivity contribution in [3.8, 4) is 11.6 Å². The number of nitrogen functional groups attached to an aromatic ring is 1. The normalized spacial score (nSPS) is 10.2. The fourth-order valence-electron chi connectivity index (χ4n) is 1.63. The first-order valence-corrected chi connectivity index (χ1v) is 6.17. The minimum absolute atomic E-state index is 0.212. The number of nitrogens with two attached hydrogens (primary N) is 1. The number of aryl methyl sites for hydroxylation is 1. The van der Waals surface area contributed by atoms with Crippen LogP contribution in [-0.2, 0) is 4.74 Å². The number of pyridine rings is 1. The van der Waals surface area contributed by atoms with Crippen LogP contribution in [0.15, 0.2) is 30.5 Å². The number of hydrogen-bond acceptors (Lipinski definition) is 5. The molecule has 0 aliphatic carbocycles. The van der Waals surface area contributed by atoms with Gasteiger partial charge in [0.25, 0.3) is 0 Å². The van der Waals surface area contributed by atoms with Crippen LogP contribution in [0.4, 0.5) is 5.69 Å². The number of carbonyl (C=O) groups is 1. The highest BCUT2D eigenvalue weighted by atomic mass is 35.5. The molecule has 1 aromatic carbocycles. The van der Waals surface area contributed by atoms with Gasteiger partial charge in [0.05, 0.1) is 24.6 Å². The Labute approximate surface area is 121 Å². The average molecular weight is 293 g/mol. The lowest BCUT2D eigenvalue weighted by molar-refractivity contribution is 0.0601. The number of esters is 1. The van der Waals surface area contributed by atoms with E-state index in [-0.39, 0.29) is 17.1 Å². The largest absolute Gasteiger partial charge is 0.465 e. The van der Waals surface area contributed by atoms with Crippen molar-refractivity contribution in [1.82, 2.24) is 4.98 Å². The van der Waals surface area contributed by atoms with Crippen LogP contribution in [0.1, 0.15) is 15.9 Å². The van der Waals surface area contributed by atoms with Gasteiger partial charge in [-0.15, -0.1) is 0 Å². The first kappa shape index (κ1) is 14.1. The van der Waals surface area contributed by atoms with E-state index in [2.05, 4.69) is 9.72 Å². The van der Waals surface area contributed by atoms with Crippen LogP contribution in [0.25, 0.3) is 0 Å². The Hall–Kier alpha value is -2.27. The van der Waals surface area contributed by atoms with E-state index in [4.69, 9.17) is 22.1 Å². The van der Waals surface area contributed by atoms with Gasteiger partial charge in [-0.1, -0.05) is 11.6 Å². The molecule has 0 unspecified atom stereocenters. The van der Waals surface area contributed by atoms with Crippen molar-refractivity contribution in [3.63, 3.8) is 0 Å². The molecule has 0 fully saturated rings. The monoisotopic (exact) mass is 292 g/mol. The molecule has 2 aromatic rings. The second-order valence-corrected chi connectivity index (χ2v) is 4.55. The number of aromatic nitrogens is 1. The lowest BCUT2D eigenvalue weighted by Gasteiger charge is -2.10. The number of rotatable bonds is 3. The Kier molecular flexibility index (Phi) is 4.10. The molecule has 0 aliphatic rings. The summed E-state index contributed by atoms with van der Waals surface area (Å²) in [5.41, 5.74) is 6.98. The second kappa shape index (κ2) is 5.79. The third-order valence-electron chi connectivity index (χ3n) is 2.67. The molecule has 0 radical (unpaired) electrons. The molecule has 0 atom stereocenters. The van der Waals surface area contributed by atoms with E-state index in [1.54, 1.807) is 18.2 Å². The highest BCUT2D eigenvalue weighted by Crippen LogP contribution is 2.27. The van der Waals surface area contributed by atoms with Gasteiger partial charge in [-0.2, -0.15) is 0 Å². The Morgan fingerprint density at radius 1 is 1.35 bits per heavy atom. The van der Waals surface area contributed by atoms with Crippen molar-refractivity contribution >= 4 is 23.3 Å². The minimum Gasteiger partial charge on any atom is -0.465 e. The van der Waals surface area contributed by atoms with Crippen LogP contribution in [0.5, 0.6) is 11.6 Å². The predicted octanol–water partition coefficient (Wildman–Crippen LogP) is 3.20. The third-order valence-corrected chi connectivity index (χ3v) is 2.90. The van der Waals surface area contributed by atoms with Gasteiger partial charge in [-0.25, -0.2) is 9.78 Å². The van der Waals surface area contributed by atoms with Crippen molar-refractivity contribution in [2.45, 2.75) is 6.92 Å². The molecule has 1 aromatic heterocycles. The van der Waals surface area contributed by atoms with E-state index < -0.39 is 5.97 Å². The number of nitrogens with zero attached hydrogens (tertiary/aromatic N) is 1. The molecule has 0 amide bonds. The minimum atomic E-state index is -0.539. The molecule has 0 saturated carbocycles. The summed E-state index contributed by atoms with van der Waals surface area (Å²) < 4.78 is 10.3. The molecular formula is C14H13ClN2O3. The molecule has 1 heterocycles. The molecular weight excluding hydrogens is 280 g/mol. The lowest BCUT2D eigenvalue weighted by atomic mass is 10.2. The fraction of sp³-hybridized carbons (Fsp3) is 0.143. The highest BCUT2D eigenvalue weighted by Gasteiger charge is 2.13. The molecule has 6 heteroatoms. The average Bonchev–Trinajstić information content (AvgIpc) is 2.43. The summed E-state index contributed by atoms with van der Waals surface area (Å²) in [6, 6.07) is 6.65. The molecule has 104 valence electrons. The first-order valence-electron chi connectivity index (χ1n) is 5.79. The smallest absolute Gasteiger partial charge is 0.340 e. The number of ether oxygens (including phenoxy) is 2. The number of benzene rings is 1. The zero-order chi connectivity index (χ0) is 14.7. The molecule has 2 rings (SSSR count). The van der Waals surface area contributed by atoms with Gasteiger partial charge in [0, 0.05) is 11.1 Å². The van der Waals surface area contributed by atoms with Crippen molar-refractivity contribution < 1.29 is 14.3 Å². The maximum Gasteiger partial charge on any atom is 0.340 e. The van der Waals surface area contributed by atoms with Crippen LogP contribution in [0.2, 0.25) is 5.02 Å². The van der Waals surface area contributed by atoms with Crippen LogP contribution in [0, 0.1) is 6.92 Å². The molecule has 0 saturated heterocycles. The standard InChI is InChI=1S/C14H13ClN2O3/c1-8-5-9(15)3-4-12(8)20-13-6-10(14(18)19-2)11(16)7-17-13/h3-7H,16H2,1-2H3. The second-order valence-electron chi connectivity index (χ2n) is 4.11. The zero-order valence-electron chi connectivity index (χ0n) is 11.0. The topological polar surface area (TPSA) is 74.4 Å². The molecule has 0 spiro atoms.